The van der Waals surface area contributed by atoms with E-state index in [1.807, 2.05) is 0 Å². The number of unbranched alkanes of at least 4 members (excludes halogenated alkanes) is 29. The third-order valence-corrected chi connectivity index (χ3v) is 12.8. The van der Waals surface area contributed by atoms with Gasteiger partial charge in [-0.2, -0.15) is 0 Å². The van der Waals surface area contributed by atoms with Crippen LogP contribution in [0.1, 0.15) is 284 Å². The van der Waals surface area contributed by atoms with Crippen LogP contribution in [0.25, 0.3) is 0 Å². The molecule has 0 aliphatic rings. The highest BCUT2D eigenvalue weighted by Crippen LogP contribution is 2.18. The molecule has 0 aromatic rings. The van der Waals surface area contributed by atoms with E-state index in [4.69, 9.17) is 4.74 Å². The first-order valence-electron chi connectivity index (χ1n) is 28.5. The van der Waals surface area contributed by atoms with E-state index >= 15 is 0 Å². The molecule has 3 unspecified atom stereocenters. The highest BCUT2D eigenvalue weighted by molar-refractivity contribution is 5.77. The van der Waals surface area contributed by atoms with Crippen molar-refractivity contribution in [2.45, 2.75) is 302 Å². The number of hydrogen-bond donors (Lipinski definition) is 3. The summed E-state index contributed by atoms with van der Waals surface area (Å²) >= 11 is 0. The van der Waals surface area contributed by atoms with E-state index in [1.165, 1.54) is 148 Å². The molecule has 0 aromatic carbocycles. The van der Waals surface area contributed by atoms with Crippen molar-refractivity contribution >= 4 is 11.9 Å². The molecule has 0 aromatic heterocycles. The number of rotatable bonds is 51. The molecule has 66 heavy (non-hydrogen) atoms. The number of carbonyl (C=O) groups is 2. The van der Waals surface area contributed by atoms with Crippen LogP contribution in [-0.4, -0.2) is 46.9 Å². The van der Waals surface area contributed by atoms with Gasteiger partial charge in [-0.15, -0.1) is 0 Å². The minimum atomic E-state index is -0.797. The highest BCUT2D eigenvalue weighted by atomic mass is 16.5. The minimum absolute atomic E-state index is 0.0587. The normalized spacial score (nSPS) is 13.6. The van der Waals surface area contributed by atoms with Gasteiger partial charge in [0.2, 0.25) is 5.91 Å². The second kappa shape index (κ2) is 53.5. The zero-order chi connectivity index (χ0) is 48.1. The third-order valence-electron chi connectivity index (χ3n) is 12.8. The van der Waals surface area contributed by atoms with Crippen molar-refractivity contribution < 1.29 is 24.5 Å². The second-order valence-corrected chi connectivity index (χ2v) is 19.3. The number of allylic oxidation sites excluding steroid dienone is 10. The maximum Gasteiger partial charge on any atom is 0.306 e. The summed E-state index contributed by atoms with van der Waals surface area (Å²) in [7, 11) is 0. The number of hydrogen-bond acceptors (Lipinski definition) is 5. The first kappa shape index (κ1) is 63.6. The molecule has 6 nitrogen and oxygen atoms in total. The fourth-order valence-corrected chi connectivity index (χ4v) is 8.47. The lowest BCUT2D eigenvalue weighted by Gasteiger charge is -2.24. The van der Waals surface area contributed by atoms with Gasteiger partial charge in [-0.1, -0.05) is 236 Å². The van der Waals surface area contributed by atoms with E-state index in [0.717, 1.165) is 89.9 Å². The van der Waals surface area contributed by atoms with Gasteiger partial charge >= 0.3 is 5.97 Å². The third kappa shape index (κ3) is 48.0. The number of aliphatic hydroxyl groups excluding tert-OH is 2. The summed E-state index contributed by atoms with van der Waals surface area (Å²) in [6.45, 7) is 6.46. The fraction of sp³-hybridized carbons (Fsp3) is 0.800. The molecular formula is C60H109NO5. The summed E-state index contributed by atoms with van der Waals surface area (Å²) in [5.74, 6) is -0.512. The summed E-state index contributed by atoms with van der Waals surface area (Å²) in [5.41, 5.74) is 0. The van der Waals surface area contributed by atoms with Gasteiger partial charge in [0.1, 0.15) is 6.10 Å². The summed E-state index contributed by atoms with van der Waals surface area (Å²) in [4.78, 5) is 26.3. The topological polar surface area (TPSA) is 95.9 Å². The molecule has 0 saturated carbocycles. The largest absolute Gasteiger partial charge is 0.462 e. The summed E-state index contributed by atoms with van der Waals surface area (Å²) in [6, 6.07) is -0.712. The Kier molecular flexibility index (Phi) is 51.5. The van der Waals surface area contributed by atoms with Gasteiger partial charge in [-0.25, -0.2) is 0 Å². The number of nitrogens with one attached hydrogen (secondary N) is 1. The molecule has 1 amide bonds. The lowest BCUT2D eigenvalue weighted by Crippen LogP contribution is -2.46. The van der Waals surface area contributed by atoms with Crippen LogP contribution in [-0.2, 0) is 14.3 Å². The van der Waals surface area contributed by atoms with Crippen LogP contribution < -0.4 is 5.32 Å². The van der Waals surface area contributed by atoms with Gasteiger partial charge in [0, 0.05) is 6.42 Å². The van der Waals surface area contributed by atoms with Crippen molar-refractivity contribution in [1.29, 1.82) is 0 Å². The molecular weight excluding hydrogens is 815 g/mol. The molecule has 0 bridgehead atoms. The van der Waals surface area contributed by atoms with Crippen LogP contribution in [0.15, 0.2) is 60.8 Å². The molecule has 0 aliphatic heterocycles. The Bertz CT molecular complexity index is 1170. The Morgan fingerprint density at radius 3 is 1.21 bits per heavy atom. The van der Waals surface area contributed by atoms with Gasteiger partial charge in [-0.05, 0) is 96.3 Å². The molecule has 0 spiro atoms. The van der Waals surface area contributed by atoms with Gasteiger partial charge in [0.15, 0.2) is 0 Å². The lowest BCUT2D eigenvalue weighted by molar-refractivity contribution is -0.151. The van der Waals surface area contributed by atoms with E-state index in [2.05, 4.69) is 86.8 Å². The van der Waals surface area contributed by atoms with Crippen molar-refractivity contribution in [2.24, 2.45) is 0 Å². The number of aliphatic hydroxyl groups is 2. The zero-order valence-electron chi connectivity index (χ0n) is 43.8. The van der Waals surface area contributed by atoms with Gasteiger partial charge in [0.25, 0.3) is 0 Å². The van der Waals surface area contributed by atoms with Crippen molar-refractivity contribution in [1.82, 2.24) is 5.32 Å². The Labute approximate surface area is 409 Å². The van der Waals surface area contributed by atoms with Gasteiger partial charge < -0.3 is 20.3 Å². The van der Waals surface area contributed by atoms with E-state index < -0.39 is 18.2 Å². The summed E-state index contributed by atoms with van der Waals surface area (Å²) in [6.07, 6.45) is 67.1. The first-order valence-corrected chi connectivity index (χ1v) is 28.5. The van der Waals surface area contributed by atoms with Crippen molar-refractivity contribution in [3.8, 4) is 0 Å². The molecule has 0 radical (unpaired) electrons. The SMILES string of the molecule is CCCCC/C=C\C/C=C\C/C=C\C/C=C\CCCCCC(=O)OC(CCCCCCC/C=C/CCCCCCCC)CC(=O)NC(CO)C(O)CCCCCCCCCCCCCCC. The molecule has 0 rings (SSSR count). The van der Waals surface area contributed by atoms with Gasteiger partial charge in [-0.3, -0.25) is 9.59 Å². The van der Waals surface area contributed by atoms with Crippen molar-refractivity contribution in [3.63, 3.8) is 0 Å². The molecule has 0 saturated heterocycles. The van der Waals surface area contributed by atoms with E-state index in [1.54, 1.807) is 0 Å². The molecule has 384 valence electrons. The van der Waals surface area contributed by atoms with Crippen LogP contribution in [0.5, 0.6) is 0 Å². The van der Waals surface area contributed by atoms with Crippen LogP contribution in [0.2, 0.25) is 0 Å². The molecule has 0 heterocycles. The molecule has 3 N–H and O–H groups in total. The van der Waals surface area contributed by atoms with Crippen LogP contribution >= 0.6 is 0 Å². The molecule has 3 atom stereocenters. The van der Waals surface area contributed by atoms with Gasteiger partial charge in [0.05, 0.1) is 25.2 Å². The predicted molar refractivity (Wildman–Crippen MR) is 287 cm³/mol. The maximum atomic E-state index is 13.3. The Hall–Kier alpha value is -2.44. The predicted octanol–water partition coefficient (Wildman–Crippen LogP) is 17.6. The monoisotopic (exact) mass is 924 g/mol. The average Bonchev–Trinajstić information content (AvgIpc) is 3.31. The number of ether oxygens (including phenoxy) is 1. The molecule has 0 fully saturated rings. The van der Waals surface area contributed by atoms with Crippen LogP contribution in [0, 0.1) is 0 Å². The number of carbonyl (C=O) groups excluding carboxylic acids is 2. The highest BCUT2D eigenvalue weighted by Gasteiger charge is 2.24. The number of esters is 1. The second-order valence-electron chi connectivity index (χ2n) is 19.3. The van der Waals surface area contributed by atoms with Crippen LogP contribution in [0.4, 0.5) is 0 Å². The standard InChI is InChI=1S/C60H109NO5/c1-4-7-10-13-16-19-22-25-27-28-29-30-32-35-38-41-44-47-50-53-60(65)66-56(51-48-45-42-39-36-34-31-26-23-20-17-14-11-8-5-2)54-59(64)61-57(55-62)58(63)52-49-46-43-40-37-33-24-21-18-15-12-9-6-3/h16,19,25-27,29-31,35,38,56-58,62-63H,4-15,17-18,20-24,28,32-34,36-37,39-55H2,1-3H3,(H,61,64)/b19-16-,27-25-,30-29-,31-26+,38-35-. The van der Waals surface area contributed by atoms with Crippen molar-refractivity contribution in [2.75, 3.05) is 6.61 Å². The number of amides is 1. The van der Waals surface area contributed by atoms with E-state index in [-0.39, 0.29) is 24.9 Å². The maximum absolute atomic E-state index is 13.3. The van der Waals surface area contributed by atoms with E-state index in [0.29, 0.717) is 19.3 Å². The quantitative estimate of drug-likeness (QED) is 0.0321. The van der Waals surface area contributed by atoms with Crippen molar-refractivity contribution in [3.05, 3.63) is 60.8 Å². The average molecular weight is 925 g/mol. The minimum Gasteiger partial charge on any atom is -0.462 e. The Morgan fingerprint density at radius 2 is 0.773 bits per heavy atom. The Morgan fingerprint density at radius 1 is 0.439 bits per heavy atom. The molecule has 6 heteroatoms. The van der Waals surface area contributed by atoms with E-state index in [9.17, 15) is 19.8 Å². The molecule has 0 aliphatic carbocycles. The summed E-state index contributed by atoms with van der Waals surface area (Å²) < 4.78 is 5.94. The smallest absolute Gasteiger partial charge is 0.306 e. The fourth-order valence-electron chi connectivity index (χ4n) is 8.47. The lowest BCUT2D eigenvalue weighted by atomic mass is 10.0. The Balaban J connectivity index is 4.63. The van der Waals surface area contributed by atoms with Crippen LogP contribution in [0.3, 0.4) is 0 Å². The first-order chi connectivity index (χ1) is 32.5. The summed E-state index contributed by atoms with van der Waals surface area (Å²) in [5, 5.41) is 23.8. The zero-order valence-corrected chi connectivity index (χ0v) is 43.8.